The number of pyridine rings is 1. The van der Waals surface area contributed by atoms with Gasteiger partial charge in [0.2, 0.25) is 0 Å². The largest absolute Gasteiger partial charge is 0.339 e. The molecule has 0 saturated heterocycles. The van der Waals surface area contributed by atoms with Gasteiger partial charge in [0.1, 0.15) is 0 Å². The normalized spacial score (nSPS) is 10.4. The van der Waals surface area contributed by atoms with Gasteiger partial charge in [-0.25, -0.2) is 10.2 Å². The molecule has 2 rings (SSSR count). The van der Waals surface area contributed by atoms with Crippen LogP contribution in [0.2, 0.25) is 0 Å². The molecule has 0 atom stereocenters. The SMILES string of the molecule is Cc1ccccc1NC(=O)N/N=C\c1ccccn1. The van der Waals surface area contributed by atoms with Crippen molar-refractivity contribution in [3.05, 3.63) is 59.9 Å². The first-order valence-corrected chi connectivity index (χ1v) is 5.82. The molecule has 0 aliphatic carbocycles. The fraction of sp³-hybridized carbons (Fsp3) is 0.0714. The van der Waals surface area contributed by atoms with Gasteiger partial charge in [-0.3, -0.25) is 4.98 Å². The first-order valence-electron chi connectivity index (χ1n) is 5.82. The molecular weight excluding hydrogens is 240 g/mol. The molecule has 19 heavy (non-hydrogen) atoms. The molecular formula is C14H14N4O. The minimum absolute atomic E-state index is 0.388. The van der Waals surface area contributed by atoms with Crippen LogP contribution in [0.3, 0.4) is 0 Å². The minimum atomic E-state index is -0.388. The molecule has 0 aliphatic heterocycles. The summed E-state index contributed by atoms with van der Waals surface area (Å²) in [5, 5.41) is 6.53. The van der Waals surface area contributed by atoms with Gasteiger partial charge in [0, 0.05) is 11.9 Å². The number of carbonyl (C=O) groups is 1. The summed E-state index contributed by atoms with van der Waals surface area (Å²) in [5.41, 5.74) is 4.82. The molecule has 2 aromatic rings. The molecule has 96 valence electrons. The third-order valence-electron chi connectivity index (χ3n) is 2.44. The number of nitrogens with one attached hydrogen (secondary N) is 2. The van der Waals surface area contributed by atoms with Gasteiger partial charge in [-0.05, 0) is 30.7 Å². The Morgan fingerprint density at radius 1 is 1.21 bits per heavy atom. The lowest BCUT2D eigenvalue weighted by atomic mass is 10.2. The summed E-state index contributed by atoms with van der Waals surface area (Å²) < 4.78 is 0. The molecule has 1 aromatic carbocycles. The summed E-state index contributed by atoms with van der Waals surface area (Å²) in [4.78, 5) is 15.7. The Hall–Kier alpha value is -2.69. The molecule has 0 saturated carbocycles. The number of anilines is 1. The van der Waals surface area contributed by atoms with E-state index < -0.39 is 0 Å². The molecule has 0 spiro atoms. The highest BCUT2D eigenvalue weighted by Gasteiger charge is 2.01. The number of aromatic nitrogens is 1. The maximum absolute atomic E-state index is 11.6. The van der Waals surface area contributed by atoms with E-state index in [0.717, 1.165) is 11.3 Å². The fourth-order valence-electron chi connectivity index (χ4n) is 1.47. The Kier molecular flexibility index (Phi) is 4.23. The topological polar surface area (TPSA) is 66.4 Å². The number of rotatable bonds is 3. The Balaban J connectivity index is 1.89. The maximum Gasteiger partial charge on any atom is 0.339 e. The zero-order valence-corrected chi connectivity index (χ0v) is 10.5. The van der Waals surface area contributed by atoms with Crippen LogP contribution in [0.25, 0.3) is 0 Å². The predicted octanol–water partition coefficient (Wildman–Crippen LogP) is 2.55. The van der Waals surface area contributed by atoms with Crippen molar-refractivity contribution in [2.45, 2.75) is 6.92 Å². The third kappa shape index (κ3) is 3.92. The van der Waals surface area contributed by atoms with Crippen LogP contribution in [-0.2, 0) is 0 Å². The lowest BCUT2D eigenvalue weighted by Crippen LogP contribution is -2.24. The highest BCUT2D eigenvalue weighted by atomic mass is 16.2. The van der Waals surface area contributed by atoms with E-state index in [1.807, 2.05) is 43.3 Å². The minimum Gasteiger partial charge on any atom is -0.306 e. The number of hydrogen-bond acceptors (Lipinski definition) is 3. The number of benzene rings is 1. The molecule has 0 aliphatic rings. The van der Waals surface area contributed by atoms with Gasteiger partial charge in [-0.15, -0.1) is 0 Å². The van der Waals surface area contributed by atoms with Gasteiger partial charge >= 0.3 is 6.03 Å². The molecule has 2 amide bonds. The van der Waals surface area contributed by atoms with Crippen LogP contribution in [-0.4, -0.2) is 17.2 Å². The molecule has 0 unspecified atom stereocenters. The smallest absolute Gasteiger partial charge is 0.306 e. The Morgan fingerprint density at radius 3 is 2.74 bits per heavy atom. The van der Waals surface area contributed by atoms with Crippen molar-refractivity contribution < 1.29 is 4.79 Å². The second-order valence-corrected chi connectivity index (χ2v) is 3.89. The number of urea groups is 1. The van der Waals surface area contributed by atoms with E-state index in [9.17, 15) is 4.79 Å². The van der Waals surface area contributed by atoms with Crippen LogP contribution in [0, 0.1) is 6.92 Å². The summed E-state index contributed by atoms with van der Waals surface area (Å²) in [7, 11) is 0. The number of nitrogens with zero attached hydrogens (tertiary/aromatic N) is 2. The summed E-state index contributed by atoms with van der Waals surface area (Å²) >= 11 is 0. The van der Waals surface area contributed by atoms with Gasteiger partial charge in [0.15, 0.2) is 0 Å². The van der Waals surface area contributed by atoms with E-state index >= 15 is 0 Å². The van der Waals surface area contributed by atoms with Crippen molar-refractivity contribution in [1.29, 1.82) is 0 Å². The van der Waals surface area contributed by atoms with Crippen molar-refractivity contribution in [2.24, 2.45) is 5.10 Å². The average molecular weight is 254 g/mol. The number of carbonyl (C=O) groups excluding carboxylic acids is 1. The molecule has 5 heteroatoms. The van der Waals surface area contributed by atoms with Crippen LogP contribution < -0.4 is 10.7 Å². The second kappa shape index (κ2) is 6.30. The first-order chi connectivity index (χ1) is 9.25. The number of hydrazone groups is 1. The van der Waals surface area contributed by atoms with Gasteiger partial charge in [-0.2, -0.15) is 5.10 Å². The molecule has 5 nitrogen and oxygen atoms in total. The van der Waals surface area contributed by atoms with E-state index in [0.29, 0.717) is 5.69 Å². The van der Waals surface area contributed by atoms with E-state index in [1.54, 1.807) is 12.3 Å². The quantitative estimate of drug-likeness (QED) is 0.653. The van der Waals surface area contributed by atoms with Gasteiger partial charge in [-0.1, -0.05) is 24.3 Å². The molecule has 0 bridgehead atoms. The number of aryl methyl sites for hydroxylation is 1. The van der Waals surface area contributed by atoms with Crippen molar-refractivity contribution in [3.63, 3.8) is 0 Å². The Bertz CT molecular complexity index is 581. The standard InChI is InChI=1S/C14H14N4O/c1-11-6-2-3-8-13(11)17-14(19)18-16-10-12-7-4-5-9-15-12/h2-10H,1H3,(H2,17,18,19)/b16-10-. The van der Waals surface area contributed by atoms with E-state index in [-0.39, 0.29) is 6.03 Å². The molecule has 1 heterocycles. The Labute approximate surface area is 111 Å². The van der Waals surface area contributed by atoms with E-state index in [2.05, 4.69) is 20.8 Å². The molecule has 0 fully saturated rings. The lowest BCUT2D eigenvalue weighted by Gasteiger charge is -2.06. The molecule has 0 radical (unpaired) electrons. The van der Waals surface area contributed by atoms with Crippen molar-refractivity contribution in [1.82, 2.24) is 10.4 Å². The second-order valence-electron chi connectivity index (χ2n) is 3.89. The van der Waals surface area contributed by atoms with Gasteiger partial charge in [0.25, 0.3) is 0 Å². The summed E-state index contributed by atoms with van der Waals surface area (Å²) in [6.45, 7) is 1.92. The average Bonchev–Trinajstić information content (AvgIpc) is 2.43. The number of hydrogen-bond donors (Lipinski definition) is 2. The van der Waals surface area contributed by atoms with Crippen LogP contribution in [0.1, 0.15) is 11.3 Å². The predicted molar refractivity (Wildman–Crippen MR) is 75.2 cm³/mol. The van der Waals surface area contributed by atoms with E-state index in [4.69, 9.17) is 0 Å². The van der Waals surface area contributed by atoms with E-state index in [1.165, 1.54) is 6.21 Å². The lowest BCUT2D eigenvalue weighted by molar-refractivity contribution is 0.252. The fourth-order valence-corrected chi connectivity index (χ4v) is 1.47. The van der Waals surface area contributed by atoms with Crippen LogP contribution in [0.4, 0.5) is 10.5 Å². The Morgan fingerprint density at radius 2 is 2.00 bits per heavy atom. The summed E-state index contributed by atoms with van der Waals surface area (Å²) in [6.07, 6.45) is 3.15. The summed E-state index contributed by atoms with van der Waals surface area (Å²) in [5.74, 6) is 0. The van der Waals surface area contributed by atoms with Gasteiger partial charge in [0.05, 0.1) is 11.9 Å². The number of amides is 2. The van der Waals surface area contributed by atoms with Crippen LogP contribution in [0.15, 0.2) is 53.8 Å². The zero-order valence-electron chi connectivity index (χ0n) is 10.5. The van der Waals surface area contributed by atoms with Crippen molar-refractivity contribution in [2.75, 3.05) is 5.32 Å². The zero-order chi connectivity index (χ0) is 13.5. The maximum atomic E-state index is 11.6. The van der Waals surface area contributed by atoms with Crippen LogP contribution >= 0.6 is 0 Å². The van der Waals surface area contributed by atoms with Crippen molar-refractivity contribution in [3.8, 4) is 0 Å². The monoisotopic (exact) mass is 254 g/mol. The van der Waals surface area contributed by atoms with Crippen LogP contribution in [0.5, 0.6) is 0 Å². The highest BCUT2D eigenvalue weighted by molar-refractivity contribution is 5.90. The molecule has 1 aromatic heterocycles. The highest BCUT2D eigenvalue weighted by Crippen LogP contribution is 2.12. The molecule has 2 N–H and O–H groups in total. The third-order valence-corrected chi connectivity index (χ3v) is 2.44. The number of para-hydroxylation sites is 1. The summed E-state index contributed by atoms with van der Waals surface area (Å²) in [6, 6.07) is 12.6. The first kappa shape index (κ1) is 12.8. The van der Waals surface area contributed by atoms with Gasteiger partial charge < -0.3 is 5.32 Å². The van der Waals surface area contributed by atoms with Crippen molar-refractivity contribution >= 4 is 17.9 Å².